The molecule has 0 bridgehead atoms. The van der Waals surface area contributed by atoms with E-state index in [0.29, 0.717) is 22.7 Å². The van der Waals surface area contributed by atoms with Gasteiger partial charge in [0.2, 0.25) is 5.91 Å². The molecule has 92 valence electrons. The van der Waals surface area contributed by atoms with Gasteiger partial charge in [-0.25, -0.2) is 0 Å². The van der Waals surface area contributed by atoms with E-state index in [1.807, 2.05) is 0 Å². The van der Waals surface area contributed by atoms with Crippen LogP contribution < -0.4 is 5.32 Å². The topological polar surface area (TPSA) is 38.3 Å². The Kier molecular flexibility index (Phi) is 2.08. The fraction of sp³-hybridized carbons (Fsp3) is 0.769. The molecule has 4 aliphatic rings. The van der Waals surface area contributed by atoms with E-state index in [1.165, 1.54) is 5.57 Å². The van der Waals surface area contributed by atoms with E-state index in [4.69, 9.17) is 4.74 Å². The molecule has 4 unspecified atom stereocenters. The summed E-state index contributed by atoms with van der Waals surface area (Å²) in [6.45, 7) is 1.45. The number of ether oxygens (including phenoxy) is 1. The van der Waals surface area contributed by atoms with Crippen molar-refractivity contribution in [3.63, 3.8) is 0 Å². The van der Waals surface area contributed by atoms with Gasteiger partial charge in [0, 0.05) is 35.9 Å². The normalized spacial score (nSPS) is 45.9. The first kappa shape index (κ1) is 10.6. The van der Waals surface area contributed by atoms with Gasteiger partial charge in [-0.2, -0.15) is 0 Å². The van der Waals surface area contributed by atoms with Gasteiger partial charge >= 0.3 is 0 Å². The summed E-state index contributed by atoms with van der Waals surface area (Å²) >= 11 is 3.74. The molecule has 2 aliphatic carbocycles. The Hall–Kier alpha value is -0.350. The number of carbonyl (C=O) groups is 1. The lowest BCUT2D eigenvalue weighted by Gasteiger charge is -2.41. The SMILES string of the molecule is O=C1NC2C3C(=CCC(Br)C23)C12CCOCC2. The molecule has 0 radical (unpaired) electrons. The van der Waals surface area contributed by atoms with Crippen molar-refractivity contribution in [2.24, 2.45) is 17.3 Å². The molecule has 0 aromatic heterocycles. The summed E-state index contributed by atoms with van der Waals surface area (Å²) in [5, 5.41) is 3.25. The number of carbonyl (C=O) groups excluding carboxylic acids is 1. The molecule has 0 aromatic rings. The highest BCUT2D eigenvalue weighted by molar-refractivity contribution is 9.09. The second kappa shape index (κ2) is 3.35. The second-order valence-electron chi connectivity index (χ2n) is 5.71. The van der Waals surface area contributed by atoms with Gasteiger partial charge in [0.1, 0.15) is 0 Å². The zero-order valence-corrected chi connectivity index (χ0v) is 11.2. The van der Waals surface area contributed by atoms with E-state index in [1.54, 1.807) is 0 Å². The first-order valence-electron chi connectivity index (χ1n) is 6.47. The molecule has 2 heterocycles. The van der Waals surface area contributed by atoms with Crippen LogP contribution in [0.3, 0.4) is 0 Å². The third-order valence-electron chi connectivity index (χ3n) is 5.05. The Balaban J connectivity index is 1.77. The van der Waals surface area contributed by atoms with Gasteiger partial charge in [0.05, 0.1) is 5.41 Å². The summed E-state index contributed by atoms with van der Waals surface area (Å²) in [6.07, 6.45) is 5.15. The molecule has 4 atom stereocenters. The Labute approximate surface area is 109 Å². The molecule has 4 heteroatoms. The number of hydrogen-bond acceptors (Lipinski definition) is 2. The molecule has 4 rings (SSSR count). The molecule has 2 aliphatic heterocycles. The minimum Gasteiger partial charge on any atom is -0.381 e. The van der Waals surface area contributed by atoms with Crippen LogP contribution in [0.5, 0.6) is 0 Å². The first-order chi connectivity index (χ1) is 8.24. The van der Waals surface area contributed by atoms with E-state index in [0.717, 1.165) is 32.5 Å². The van der Waals surface area contributed by atoms with E-state index in [2.05, 4.69) is 27.3 Å². The van der Waals surface area contributed by atoms with Crippen molar-refractivity contribution in [3.05, 3.63) is 11.6 Å². The van der Waals surface area contributed by atoms with Crippen molar-refractivity contribution >= 4 is 21.8 Å². The number of rotatable bonds is 0. The fourth-order valence-corrected chi connectivity index (χ4v) is 4.92. The molecular formula is C13H16BrNO2. The van der Waals surface area contributed by atoms with Gasteiger partial charge in [0.25, 0.3) is 0 Å². The first-order valence-corrected chi connectivity index (χ1v) is 7.39. The summed E-state index contributed by atoms with van der Waals surface area (Å²) < 4.78 is 5.44. The largest absolute Gasteiger partial charge is 0.381 e. The van der Waals surface area contributed by atoms with Crippen LogP contribution in [0.1, 0.15) is 19.3 Å². The van der Waals surface area contributed by atoms with Gasteiger partial charge in [-0.3, -0.25) is 4.79 Å². The molecule has 1 amide bonds. The Morgan fingerprint density at radius 3 is 2.94 bits per heavy atom. The van der Waals surface area contributed by atoms with Gasteiger partial charge in [0.15, 0.2) is 0 Å². The summed E-state index contributed by atoms with van der Waals surface area (Å²) in [5.41, 5.74) is 1.22. The van der Waals surface area contributed by atoms with Crippen LogP contribution in [0, 0.1) is 17.3 Å². The second-order valence-corrected chi connectivity index (χ2v) is 6.88. The van der Waals surface area contributed by atoms with Crippen LogP contribution in [0.15, 0.2) is 11.6 Å². The van der Waals surface area contributed by atoms with Crippen LogP contribution in [0.25, 0.3) is 0 Å². The predicted molar refractivity (Wildman–Crippen MR) is 66.8 cm³/mol. The summed E-state index contributed by atoms with van der Waals surface area (Å²) in [6, 6.07) is 0.411. The summed E-state index contributed by atoms with van der Waals surface area (Å²) in [7, 11) is 0. The maximum absolute atomic E-state index is 12.4. The third kappa shape index (κ3) is 1.23. The lowest BCUT2D eigenvalue weighted by molar-refractivity contribution is -0.135. The van der Waals surface area contributed by atoms with E-state index in [9.17, 15) is 4.79 Å². The van der Waals surface area contributed by atoms with Crippen molar-refractivity contribution in [1.29, 1.82) is 0 Å². The lowest BCUT2D eigenvalue weighted by Crippen LogP contribution is -2.51. The van der Waals surface area contributed by atoms with Crippen LogP contribution in [-0.2, 0) is 9.53 Å². The zero-order valence-electron chi connectivity index (χ0n) is 9.62. The third-order valence-corrected chi connectivity index (χ3v) is 6.03. The van der Waals surface area contributed by atoms with E-state index >= 15 is 0 Å². The predicted octanol–water partition coefficient (Wildman–Crippen LogP) is 1.62. The number of nitrogens with one attached hydrogen (secondary N) is 1. The number of hydrogen-bond donors (Lipinski definition) is 1. The fourth-order valence-electron chi connectivity index (χ4n) is 4.07. The van der Waals surface area contributed by atoms with Crippen molar-refractivity contribution in [2.45, 2.75) is 30.1 Å². The van der Waals surface area contributed by atoms with Gasteiger partial charge in [-0.05, 0) is 19.3 Å². The average Bonchev–Trinajstić information content (AvgIpc) is 3.05. The molecular weight excluding hydrogens is 282 g/mol. The van der Waals surface area contributed by atoms with Crippen molar-refractivity contribution < 1.29 is 9.53 Å². The quantitative estimate of drug-likeness (QED) is 0.545. The van der Waals surface area contributed by atoms with Crippen molar-refractivity contribution in [1.82, 2.24) is 5.32 Å². The van der Waals surface area contributed by atoms with Crippen molar-refractivity contribution in [2.75, 3.05) is 13.2 Å². The minimum absolute atomic E-state index is 0.221. The maximum Gasteiger partial charge on any atom is 0.230 e. The molecule has 1 spiro atoms. The molecule has 3 fully saturated rings. The smallest absolute Gasteiger partial charge is 0.230 e. The van der Waals surface area contributed by atoms with Crippen LogP contribution in [0.4, 0.5) is 0 Å². The highest BCUT2D eigenvalue weighted by Crippen LogP contribution is 2.62. The number of piperidine rings is 1. The number of allylic oxidation sites excluding steroid dienone is 1. The molecule has 3 nitrogen and oxygen atoms in total. The average molecular weight is 298 g/mol. The number of alkyl halides is 1. The van der Waals surface area contributed by atoms with Crippen LogP contribution >= 0.6 is 15.9 Å². The van der Waals surface area contributed by atoms with Crippen LogP contribution in [-0.4, -0.2) is 30.0 Å². The minimum atomic E-state index is -0.221. The Morgan fingerprint density at radius 2 is 2.18 bits per heavy atom. The molecule has 17 heavy (non-hydrogen) atoms. The number of fused-ring (bicyclic) bond motifs is 2. The zero-order chi connectivity index (χ0) is 11.6. The van der Waals surface area contributed by atoms with E-state index < -0.39 is 0 Å². The van der Waals surface area contributed by atoms with Gasteiger partial charge in [-0.1, -0.05) is 27.6 Å². The van der Waals surface area contributed by atoms with Gasteiger partial charge < -0.3 is 10.1 Å². The number of halogens is 1. The maximum atomic E-state index is 12.4. The highest BCUT2D eigenvalue weighted by atomic mass is 79.9. The van der Waals surface area contributed by atoms with Gasteiger partial charge in [-0.15, -0.1) is 0 Å². The highest BCUT2D eigenvalue weighted by Gasteiger charge is 2.66. The monoisotopic (exact) mass is 297 g/mol. The Bertz CT molecular complexity index is 414. The standard InChI is InChI=1S/C13H16BrNO2/c14-8-2-1-7-9-10(8)11(9)15-12(16)13(7)3-5-17-6-4-13/h1,8-11H,2-6H2,(H,15,16). The Morgan fingerprint density at radius 1 is 1.41 bits per heavy atom. The van der Waals surface area contributed by atoms with E-state index in [-0.39, 0.29) is 11.3 Å². The lowest BCUT2D eigenvalue weighted by atomic mass is 9.68. The van der Waals surface area contributed by atoms with Crippen molar-refractivity contribution in [3.8, 4) is 0 Å². The molecule has 1 saturated carbocycles. The number of amides is 1. The van der Waals surface area contributed by atoms with Crippen LogP contribution in [0.2, 0.25) is 0 Å². The molecule has 2 saturated heterocycles. The summed E-state index contributed by atoms with van der Waals surface area (Å²) in [5.74, 6) is 1.52. The summed E-state index contributed by atoms with van der Waals surface area (Å²) in [4.78, 5) is 13.0. The molecule has 0 aromatic carbocycles. The molecule has 1 N–H and O–H groups in total.